The Morgan fingerprint density at radius 2 is 2.16 bits per heavy atom. The second-order valence-electron chi connectivity index (χ2n) is 4.65. The maximum absolute atomic E-state index is 12.0. The second-order valence-corrected chi connectivity index (χ2v) is 5.06. The molecule has 7 heteroatoms. The van der Waals surface area contributed by atoms with Crippen LogP contribution in [0.3, 0.4) is 0 Å². The molecule has 6 nitrogen and oxygen atoms in total. The van der Waals surface area contributed by atoms with E-state index in [0.717, 1.165) is 6.42 Å². The van der Waals surface area contributed by atoms with E-state index in [9.17, 15) is 14.9 Å². The summed E-state index contributed by atoms with van der Waals surface area (Å²) < 4.78 is 0. The fourth-order valence-electron chi connectivity index (χ4n) is 1.89. The summed E-state index contributed by atoms with van der Waals surface area (Å²) in [6.45, 7) is 2.03. The number of benzene rings is 1. The largest absolute Gasteiger partial charge is 0.381 e. The summed E-state index contributed by atoms with van der Waals surface area (Å²) in [5.41, 5.74) is 0.210. The predicted octanol–water partition coefficient (Wildman–Crippen LogP) is 2.43. The zero-order valence-corrected chi connectivity index (χ0v) is 11.3. The molecule has 1 aromatic carbocycles. The molecular weight excluding hydrogens is 270 g/mol. The van der Waals surface area contributed by atoms with Gasteiger partial charge in [-0.3, -0.25) is 14.9 Å². The van der Waals surface area contributed by atoms with Crippen molar-refractivity contribution in [2.45, 2.75) is 19.4 Å². The molecule has 0 saturated heterocycles. The number of carbonyl (C=O) groups is 1. The molecule has 2 N–H and O–H groups in total. The number of rotatable bonds is 4. The molecule has 0 heterocycles. The quantitative estimate of drug-likeness (QED) is 0.656. The van der Waals surface area contributed by atoms with E-state index in [0.29, 0.717) is 5.92 Å². The molecule has 1 aliphatic carbocycles. The number of nitrogens with zero attached hydrogens (tertiary/aromatic N) is 1. The van der Waals surface area contributed by atoms with E-state index < -0.39 is 4.92 Å². The maximum Gasteiger partial charge on any atom is 0.294 e. The summed E-state index contributed by atoms with van der Waals surface area (Å²) in [6.07, 6.45) is 0.941. The topological polar surface area (TPSA) is 84.3 Å². The number of halogens is 1. The van der Waals surface area contributed by atoms with E-state index in [2.05, 4.69) is 10.6 Å². The lowest BCUT2D eigenvalue weighted by Gasteiger charge is -2.08. The van der Waals surface area contributed by atoms with Crippen LogP contribution in [-0.4, -0.2) is 23.9 Å². The first-order valence-electron chi connectivity index (χ1n) is 5.90. The van der Waals surface area contributed by atoms with E-state index in [1.54, 1.807) is 7.05 Å². The SMILES string of the molecule is CNc1c(Cl)cc(C(=O)NC2CC2C)cc1[N+](=O)[O-]. The molecule has 102 valence electrons. The van der Waals surface area contributed by atoms with Gasteiger partial charge in [0.05, 0.1) is 9.95 Å². The minimum atomic E-state index is -0.561. The smallest absolute Gasteiger partial charge is 0.294 e. The third kappa shape index (κ3) is 2.78. The molecule has 0 aliphatic heterocycles. The van der Waals surface area contributed by atoms with Gasteiger partial charge in [0.2, 0.25) is 0 Å². The molecule has 1 fully saturated rings. The van der Waals surface area contributed by atoms with Crippen molar-refractivity contribution < 1.29 is 9.72 Å². The zero-order valence-electron chi connectivity index (χ0n) is 10.6. The zero-order chi connectivity index (χ0) is 14.2. The number of hydrogen-bond donors (Lipinski definition) is 2. The average Bonchev–Trinajstić information content (AvgIpc) is 3.03. The summed E-state index contributed by atoms with van der Waals surface area (Å²) in [7, 11) is 1.54. The summed E-state index contributed by atoms with van der Waals surface area (Å²) in [4.78, 5) is 22.4. The van der Waals surface area contributed by atoms with Gasteiger partial charge in [0.15, 0.2) is 0 Å². The summed E-state index contributed by atoms with van der Waals surface area (Å²) in [5, 5.41) is 16.6. The standard InChI is InChI=1S/C12H14ClN3O3/c1-6-3-9(6)15-12(17)7-4-8(13)11(14-2)10(5-7)16(18)19/h4-6,9,14H,3H2,1-2H3,(H,15,17). The lowest BCUT2D eigenvalue weighted by Crippen LogP contribution is -2.26. The minimum Gasteiger partial charge on any atom is -0.381 e. The van der Waals surface area contributed by atoms with Crippen LogP contribution in [0.5, 0.6) is 0 Å². The highest BCUT2D eigenvalue weighted by Crippen LogP contribution is 2.34. The monoisotopic (exact) mass is 283 g/mol. The fourth-order valence-corrected chi connectivity index (χ4v) is 2.20. The normalized spacial score (nSPS) is 20.8. The Hall–Kier alpha value is -1.82. The Labute approximate surface area is 115 Å². The van der Waals surface area contributed by atoms with Gasteiger partial charge >= 0.3 is 0 Å². The molecular formula is C12H14ClN3O3. The minimum absolute atomic E-state index is 0.158. The van der Waals surface area contributed by atoms with Crippen molar-refractivity contribution in [2.75, 3.05) is 12.4 Å². The van der Waals surface area contributed by atoms with Crippen LogP contribution in [0.25, 0.3) is 0 Å². The number of anilines is 1. The van der Waals surface area contributed by atoms with E-state index in [4.69, 9.17) is 11.6 Å². The Bertz CT molecular complexity index is 547. The van der Waals surface area contributed by atoms with Crippen molar-refractivity contribution in [2.24, 2.45) is 5.92 Å². The van der Waals surface area contributed by atoms with Crippen molar-refractivity contribution in [3.63, 3.8) is 0 Å². The van der Waals surface area contributed by atoms with E-state index in [1.807, 2.05) is 6.92 Å². The van der Waals surface area contributed by atoms with Crippen LogP contribution in [0.15, 0.2) is 12.1 Å². The van der Waals surface area contributed by atoms with E-state index in [-0.39, 0.29) is 33.9 Å². The van der Waals surface area contributed by atoms with Gasteiger partial charge in [-0.2, -0.15) is 0 Å². The lowest BCUT2D eigenvalue weighted by molar-refractivity contribution is -0.383. The van der Waals surface area contributed by atoms with Crippen LogP contribution in [-0.2, 0) is 0 Å². The van der Waals surface area contributed by atoms with Crippen LogP contribution in [0.2, 0.25) is 5.02 Å². The third-order valence-corrected chi connectivity index (χ3v) is 3.50. The molecule has 2 unspecified atom stereocenters. The molecule has 2 atom stereocenters. The summed E-state index contributed by atoms with van der Waals surface area (Å²) >= 11 is 5.96. The third-order valence-electron chi connectivity index (χ3n) is 3.20. The van der Waals surface area contributed by atoms with Gasteiger partial charge in [0, 0.05) is 24.7 Å². The van der Waals surface area contributed by atoms with Crippen molar-refractivity contribution in [1.29, 1.82) is 0 Å². The predicted molar refractivity (Wildman–Crippen MR) is 72.7 cm³/mol. The van der Waals surface area contributed by atoms with Crippen LogP contribution in [0, 0.1) is 16.0 Å². The molecule has 1 aromatic rings. The lowest BCUT2D eigenvalue weighted by atomic mass is 10.1. The Kier molecular flexibility index (Phi) is 3.61. The fraction of sp³-hybridized carbons (Fsp3) is 0.417. The molecule has 19 heavy (non-hydrogen) atoms. The van der Waals surface area contributed by atoms with Gasteiger partial charge in [0.25, 0.3) is 11.6 Å². The van der Waals surface area contributed by atoms with Gasteiger partial charge in [-0.15, -0.1) is 0 Å². The molecule has 1 amide bonds. The molecule has 0 bridgehead atoms. The first-order valence-corrected chi connectivity index (χ1v) is 6.28. The number of nitrogens with one attached hydrogen (secondary N) is 2. The van der Waals surface area contributed by atoms with Crippen LogP contribution < -0.4 is 10.6 Å². The first kappa shape index (κ1) is 13.6. The van der Waals surface area contributed by atoms with Crippen molar-refractivity contribution in [3.8, 4) is 0 Å². The number of amides is 1. The van der Waals surface area contributed by atoms with E-state index in [1.165, 1.54) is 12.1 Å². The highest BCUT2D eigenvalue weighted by molar-refractivity contribution is 6.34. The van der Waals surface area contributed by atoms with Gasteiger partial charge < -0.3 is 10.6 Å². The van der Waals surface area contributed by atoms with Gasteiger partial charge in [0.1, 0.15) is 5.69 Å². The summed E-state index contributed by atoms with van der Waals surface area (Å²) in [6, 6.07) is 2.83. The molecule has 1 saturated carbocycles. The van der Waals surface area contributed by atoms with Gasteiger partial charge in [-0.25, -0.2) is 0 Å². The molecule has 0 radical (unpaired) electrons. The molecule has 2 rings (SSSR count). The van der Waals surface area contributed by atoms with E-state index >= 15 is 0 Å². The average molecular weight is 284 g/mol. The number of carbonyl (C=O) groups excluding carboxylic acids is 1. The van der Waals surface area contributed by atoms with Crippen LogP contribution in [0.1, 0.15) is 23.7 Å². The first-order chi connectivity index (χ1) is 8.93. The highest BCUT2D eigenvalue weighted by Gasteiger charge is 2.34. The Morgan fingerprint density at radius 1 is 1.53 bits per heavy atom. The number of nitro groups is 1. The van der Waals surface area contributed by atoms with Crippen LogP contribution in [0.4, 0.5) is 11.4 Å². The second kappa shape index (κ2) is 5.05. The summed E-state index contributed by atoms with van der Waals surface area (Å²) in [5.74, 6) is 0.132. The molecule has 0 aromatic heterocycles. The number of hydrogen-bond acceptors (Lipinski definition) is 4. The van der Waals surface area contributed by atoms with Gasteiger partial charge in [-0.1, -0.05) is 18.5 Å². The number of nitro benzene ring substituents is 1. The van der Waals surface area contributed by atoms with Gasteiger partial charge in [-0.05, 0) is 18.4 Å². The van der Waals surface area contributed by atoms with Crippen LogP contribution >= 0.6 is 11.6 Å². The molecule has 0 spiro atoms. The Morgan fingerprint density at radius 3 is 2.63 bits per heavy atom. The van der Waals surface area contributed by atoms with Crippen molar-refractivity contribution in [3.05, 3.63) is 32.8 Å². The van der Waals surface area contributed by atoms with Crippen molar-refractivity contribution in [1.82, 2.24) is 5.32 Å². The molecule has 1 aliphatic rings. The Balaban J connectivity index is 2.31. The highest BCUT2D eigenvalue weighted by atomic mass is 35.5. The maximum atomic E-state index is 12.0. The van der Waals surface area contributed by atoms with Crippen molar-refractivity contribution >= 4 is 28.9 Å².